The first-order chi connectivity index (χ1) is 10.2. The molecule has 0 radical (unpaired) electrons. The van der Waals surface area contributed by atoms with Gasteiger partial charge in [0.05, 0.1) is 12.4 Å². The Balaban J connectivity index is 1.65. The minimum absolute atomic E-state index is 0.621. The molecule has 0 spiro atoms. The van der Waals surface area contributed by atoms with Crippen LogP contribution in [0.3, 0.4) is 0 Å². The highest BCUT2D eigenvalue weighted by atomic mass is 35.5. The molecule has 1 aromatic heterocycles. The van der Waals surface area contributed by atoms with Crippen molar-refractivity contribution >= 4 is 17.5 Å². The zero-order valence-electron chi connectivity index (χ0n) is 11.9. The maximum atomic E-state index is 5.84. The summed E-state index contributed by atoms with van der Waals surface area (Å²) in [5.41, 5.74) is 0. The van der Waals surface area contributed by atoms with Crippen LogP contribution in [0.4, 0.5) is 5.95 Å². The van der Waals surface area contributed by atoms with Crippen LogP contribution >= 0.6 is 11.6 Å². The van der Waals surface area contributed by atoms with Crippen LogP contribution in [-0.2, 0) is 0 Å². The molecular formula is C15H17ClN4O. The van der Waals surface area contributed by atoms with E-state index in [1.807, 2.05) is 12.1 Å². The lowest BCUT2D eigenvalue weighted by Gasteiger charge is -2.32. The Morgan fingerprint density at radius 2 is 1.57 bits per heavy atom. The number of benzene rings is 1. The number of anilines is 1. The number of likely N-dealkylation sites (N-methyl/N-ethyl adjacent to an activating group) is 1. The lowest BCUT2D eigenvalue weighted by Crippen LogP contribution is -2.45. The molecule has 2 heterocycles. The second kappa shape index (κ2) is 6.28. The van der Waals surface area contributed by atoms with Gasteiger partial charge in [-0.05, 0) is 31.3 Å². The summed E-state index contributed by atoms with van der Waals surface area (Å²) in [6.07, 6.45) is 3.41. The smallest absolute Gasteiger partial charge is 0.225 e. The van der Waals surface area contributed by atoms with Crippen molar-refractivity contribution in [1.82, 2.24) is 14.9 Å². The highest BCUT2D eigenvalue weighted by molar-refractivity contribution is 6.30. The lowest BCUT2D eigenvalue weighted by molar-refractivity contribution is 0.311. The van der Waals surface area contributed by atoms with Gasteiger partial charge in [-0.2, -0.15) is 0 Å². The van der Waals surface area contributed by atoms with Crippen LogP contribution in [0.25, 0.3) is 0 Å². The summed E-state index contributed by atoms with van der Waals surface area (Å²) >= 11 is 5.84. The summed E-state index contributed by atoms with van der Waals surface area (Å²) in [5.74, 6) is 2.09. The average Bonchev–Trinajstić information content (AvgIpc) is 2.51. The van der Waals surface area contributed by atoms with E-state index in [2.05, 4.69) is 26.8 Å². The third kappa shape index (κ3) is 3.62. The summed E-state index contributed by atoms with van der Waals surface area (Å²) in [6.45, 7) is 3.97. The number of ether oxygens (including phenoxy) is 1. The fraction of sp³-hybridized carbons (Fsp3) is 0.333. The molecule has 1 aliphatic heterocycles. The molecule has 2 aromatic rings. The zero-order chi connectivity index (χ0) is 14.7. The Kier molecular flexibility index (Phi) is 4.22. The third-order valence-corrected chi connectivity index (χ3v) is 3.70. The monoisotopic (exact) mass is 304 g/mol. The van der Waals surface area contributed by atoms with Crippen molar-refractivity contribution in [2.45, 2.75) is 0 Å². The van der Waals surface area contributed by atoms with Gasteiger partial charge in [-0.15, -0.1) is 0 Å². The number of halogens is 1. The van der Waals surface area contributed by atoms with Gasteiger partial charge in [-0.3, -0.25) is 0 Å². The van der Waals surface area contributed by atoms with Crippen molar-refractivity contribution in [2.24, 2.45) is 0 Å². The molecule has 0 atom stereocenters. The van der Waals surface area contributed by atoms with Crippen molar-refractivity contribution in [3.8, 4) is 11.5 Å². The van der Waals surface area contributed by atoms with Crippen LogP contribution in [0.1, 0.15) is 0 Å². The number of rotatable bonds is 3. The van der Waals surface area contributed by atoms with Gasteiger partial charge in [0.1, 0.15) is 5.75 Å². The fourth-order valence-corrected chi connectivity index (χ4v) is 2.30. The van der Waals surface area contributed by atoms with Crippen molar-refractivity contribution in [3.05, 3.63) is 41.7 Å². The van der Waals surface area contributed by atoms with Crippen molar-refractivity contribution in [2.75, 3.05) is 38.1 Å². The molecule has 1 aromatic carbocycles. The van der Waals surface area contributed by atoms with Gasteiger partial charge in [0.2, 0.25) is 5.95 Å². The van der Waals surface area contributed by atoms with Crippen LogP contribution in [0.5, 0.6) is 11.5 Å². The largest absolute Gasteiger partial charge is 0.454 e. The first-order valence-corrected chi connectivity index (χ1v) is 7.27. The van der Waals surface area contributed by atoms with Crippen LogP contribution in [0.2, 0.25) is 5.02 Å². The number of piperazine rings is 1. The van der Waals surface area contributed by atoms with Crippen molar-refractivity contribution < 1.29 is 4.74 Å². The number of aromatic nitrogens is 2. The Morgan fingerprint density at radius 1 is 0.952 bits per heavy atom. The highest BCUT2D eigenvalue weighted by Crippen LogP contribution is 2.22. The van der Waals surface area contributed by atoms with E-state index < -0.39 is 0 Å². The van der Waals surface area contributed by atoms with Gasteiger partial charge in [0.25, 0.3) is 0 Å². The number of nitrogens with zero attached hydrogens (tertiary/aromatic N) is 4. The van der Waals surface area contributed by atoms with E-state index in [0.717, 1.165) is 37.9 Å². The Hall–Kier alpha value is -1.85. The quantitative estimate of drug-likeness (QED) is 0.872. The van der Waals surface area contributed by atoms with Gasteiger partial charge in [-0.1, -0.05) is 11.6 Å². The SMILES string of the molecule is CN1CCN(c2ncc(Oc3ccc(Cl)cc3)cn2)CC1. The minimum Gasteiger partial charge on any atom is -0.454 e. The standard InChI is InChI=1S/C15H17ClN4O/c1-19-6-8-20(9-7-19)15-17-10-14(11-18-15)21-13-4-2-12(16)3-5-13/h2-5,10-11H,6-9H2,1H3. The summed E-state index contributed by atoms with van der Waals surface area (Å²) < 4.78 is 5.68. The molecule has 0 aliphatic carbocycles. The molecule has 0 bridgehead atoms. The zero-order valence-corrected chi connectivity index (χ0v) is 12.6. The van der Waals surface area contributed by atoms with E-state index in [9.17, 15) is 0 Å². The lowest BCUT2D eigenvalue weighted by atomic mass is 10.3. The molecule has 5 nitrogen and oxygen atoms in total. The van der Waals surface area contributed by atoms with E-state index in [1.54, 1.807) is 24.5 Å². The maximum absolute atomic E-state index is 5.84. The average molecular weight is 305 g/mol. The number of hydrogen-bond acceptors (Lipinski definition) is 5. The molecule has 3 rings (SSSR count). The molecule has 1 fully saturated rings. The van der Waals surface area contributed by atoms with E-state index in [4.69, 9.17) is 16.3 Å². The van der Waals surface area contributed by atoms with Crippen LogP contribution in [-0.4, -0.2) is 48.1 Å². The normalized spacial score (nSPS) is 16.0. The van der Waals surface area contributed by atoms with Crippen LogP contribution in [0, 0.1) is 0 Å². The number of hydrogen-bond donors (Lipinski definition) is 0. The maximum Gasteiger partial charge on any atom is 0.225 e. The Bertz CT molecular complexity index is 580. The topological polar surface area (TPSA) is 41.5 Å². The molecule has 1 saturated heterocycles. The first kappa shape index (κ1) is 14.1. The second-order valence-corrected chi connectivity index (χ2v) is 5.50. The molecule has 1 aliphatic rings. The molecule has 110 valence electrons. The van der Waals surface area contributed by atoms with Crippen molar-refractivity contribution in [3.63, 3.8) is 0 Å². The molecule has 0 N–H and O–H groups in total. The van der Waals surface area contributed by atoms with Crippen LogP contribution < -0.4 is 9.64 Å². The minimum atomic E-state index is 0.621. The van der Waals surface area contributed by atoms with E-state index in [1.165, 1.54) is 0 Å². The van der Waals surface area contributed by atoms with Crippen molar-refractivity contribution in [1.29, 1.82) is 0 Å². The summed E-state index contributed by atoms with van der Waals surface area (Å²) in [7, 11) is 2.13. The van der Waals surface area contributed by atoms with E-state index in [0.29, 0.717) is 10.8 Å². The highest BCUT2D eigenvalue weighted by Gasteiger charge is 2.16. The van der Waals surface area contributed by atoms with Crippen LogP contribution in [0.15, 0.2) is 36.7 Å². The van der Waals surface area contributed by atoms with Gasteiger partial charge in [0, 0.05) is 31.2 Å². The molecule has 0 saturated carbocycles. The summed E-state index contributed by atoms with van der Waals surface area (Å²) in [4.78, 5) is 13.3. The van der Waals surface area contributed by atoms with Gasteiger partial charge in [-0.25, -0.2) is 9.97 Å². The predicted octanol–water partition coefficient (Wildman–Crippen LogP) is 2.67. The third-order valence-electron chi connectivity index (χ3n) is 3.45. The molecule has 0 amide bonds. The first-order valence-electron chi connectivity index (χ1n) is 6.90. The van der Waals surface area contributed by atoms with E-state index >= 15 is 0 Å². The van der Waals surface area contributed by atoms with Gasteiger partial charge in [0.15, 0.2) is 5.75 Å². The molecular weight excluding hydrogens is 288 g/mol. The Morgan fingerprint density at radius 3 is 2.19 bits per heavy atom. The Labute approximate surface area is 129 Å². The molecule has 21 heavy (non-hydrogen) atoms. The summed E-state index contributed by atoms with van der Waals surface area (Å²) in [5, 5.41) is 0.684. The van der Waals surface area contributed by atoms with E-state index in [-0.39, 0.29) is 0 Å². The summed E-state index contributed by atoms with van der Waals surface area (Å²) in [6, 6.07) is 7.21. The fourth-order valence-electron chi connectivity index (χ4n) is 2.17. The van der Waals surface area contributed by atoms with Gasteiger partial charge >= 0.3 is 0 Å². The second-order valence-electron chi connectivity index (χ2n) is 5.07. The predicted molar refractivity (Wildman–Crippen MR) is 83.3 cm³/mol. The molecule has 6 heteroatoms. The van der Waals surface area contributed by atoms with Gasteiger partial charge < -0.3 is 14.5 Å². The molecule has 0 unspecified atom stereocenters.